The van der Waals surface area contributed by atoms with Crippen LogP contribution < -0.4 is 5.32 Å². The summed E-state index contributed by atoms with van der Waals surface area (Å²) < 4.78 is 6.09. The van der Waals surface area contributed by atoms with Crippen molar-refractivity contribution in [3.05, 3.63) is 58.9 Å². The predicted molar refractivity (Wildman–Crippen MR) is 80.5 cm³/mol. The summed E-state index contributed by atoms with van der Waals surface area (Å²) in [6, 6.07) is 13.1. The number of anilines is 1. The SMILES string of the molecule is O=C(Cc1ccc2ncoc2c1)Nc1ccccc1Br. The Labute approximate surface area is 123 Å². The number of rotatable bonds is 3. The number of benzene rings is 2. The van der Waals surface area contributed by atoms with Crippen molar-refractivity contribution in [1.29, 1.82) is 0 Å². The van der Waals surface area contributed by atoms with E-state index >= 15 is 0 Å². The zero-order valence-electron chi connectivity index (χ0n) is 10.5. The van der Waals surface area contributed by atoms with Crippen LogP contribution in [0.4, 0.5) is 5.69 Å². The van der Waals surface area contributed by atoms with E-state index in [4.69, 9.17) is 4.42 Å². The molecule has 1 aromatic heterocycles. The van der Waals surface area contributed by atoms with E-state index in [1.807, 2.05) is 42.5 Å². The molecule has 0 fully saturated rings. The largest absolute Gasteiger partial charge is 0.443 e. The number of hydrogen-bond acceptors (Lipinski definition) is 3. The smallest absolute Gasteiger partial charge is 0.228 e. The quantitative estimate of drug-likeness (QED) is 0.795. The molecule has 3 aromatic rings. The van der Waals surface area contributed by atoms with Crippen molar-refractivity contribution in [1.82, 2.24) is 4.98 Å². The zero-order valence-corrected chi connectivity index (χ0v) is 12.1. The molecule has 100 valence electrons. The molecule has 1 heterocycles. The van der Waals surface area contributed by atoms with Gasteiger partial charge >= 0.3 is 0 Å². The molecular formula is C15H11BrN2O2. The lowest BCUT2D eigenvalue weighted by Crippen LogP contribution is -2.14. The molecule has 0 saturated heterocycles. The molecule has 0 aliphatic heterocycles. The van der Waals surface area contributed by atoms with Crippen molar-refractivity contribution in [2.75, 3.05) is 5.32 Å². The summed E-state index contributed by atoms with van der Waals surface area (Å²) in [6.07, 6.45) is 1.69. The number of nitrogens with zero attached hydrogens (tertiary/aromatic N) is 1. The van der Waals surface area contributed by atoms with Crippen molar-refractivity contribution in [3.8, 4) is 0 Å². The Balaban J connectivity index is 1.74. The predicted octanol–water partition coefficient (Wildman–Crippen LogP) is 3.77. The van der Waals surface area contributed by atoms with Gasteiger partial charge in [-0.3, -0.25) is 4.79 Å². The summed E-state index contributed by atoms with van der Waals surface area (Å²) in [6.45, 7) is 0. The highest BCUT2D eigenvalue weighted by Crippen LogP contribution is 2.21. The van der Waals surface area contributed by atoms with Crippen LogP contribution in [0.15, 0.2) is 57.7 Å². The molecule has 3 rings (SSSR count). The van der Waals surface area contributed by atoms with E-state index in [1.54, 1.807) is 0 Å². The summed E-state index contributed by atoms with van der Waals surface area (Å²) in [7, 11) is 0. The van der Waals surface area contributed by atoms with Crippen LogP contribution >= 0.6 is 15.9 Å². The van der Waals surface area contributed by atoms with E-state index in [0.717, 1.165) is 21.2 Å². The van der Waals surface area contributed by atoms with Gasteiger partial charge in [0.15, 0.2) is 12.0 Å². The summed E-state index contributed by atoms with van der Waals surface area (Å²) in [5, 5.41) is 2.87. The number of para-hydroxylation sites is 1. The third-order valence-electron chi connectivity index (χ3n) is 2.91. The summed E-state index contributed by atoms with van der Waals surface area (Å²) in [5.41, 5.74) is 3.13. The number of carbonyl (C=O) groups is 1. The zero-order chi connectivity index (χ0) is 13.9. The number of hydrogen-bond donors (Lipinski definition) is 1. The van der Waals surface area contributed by atoms with Gasteiger partial charge in [-0.05, 0) is 45.8 Å². The second kappa shape index (κ2) is 5.46. The normalized spacial score (nSPS) is 10.7. The third kappa shape index (κ3) is 2.72. The molecule has 0 aliphatic carbocycles. The van der Waals surface area contributed by atoms with Crippen molar-refractivity contribution >= 4 is 38.6 Å². The van der Waals surface area contributed by atoms with E-state index in [9.17, 15) is 4.79 Å². The minimum atomic E-state index is -0.0734. The highest BCUT2D eigenvalue weighted by molar-refractivity contribution is 9.10. The molecular weight excluding hydrogens is 320 g/mol. The maximum absolute atomic E-state index is 12.0. The topological polar surface area (TPSA) is 55.1 Å². The highest BCUT2D eigenvalue weighted by Gasteiger charge is 2.08. The Morgan fingerprint density at radius 1 is 1.25 bits per heavy atom. The van der Waals surface area contributed by atoms with Crippen molar-refractivity contribution < 1.29 is 9.21 Å². The van der Waals surface area contributed by atoms with Gasteiger partial charge in [-0.2, -0.15) is 0 Å². The van der Waals surface area contributed by atoms with Crippen LogP contribution in [0.5, 0.6) is 0 Å². The van der Waals surface area contributed by atoms with Gasteiger partial charge in [0.2, 0.25) is 5.91 Å². The van der Waals surface area contributed by atoms with Crippen LogP contribution in [0.1, 0.15) is 5.56 Å². The minimum Gasteiger partial charge on any atom is -0.443 e. The van der Waals surface area contributed by atoms with Gasteiger partial charge in [0, 0.05) is 4.47 Å². The molecule has 0 atom stereocenters. The monoisotopic (exact) mass is 330 g/mol. The molecule has 0 radical (unpaired) electrons. The van der Waals surface area contributed by atoms with Crippen LogP contribution in [0.2, 0.25) is 0 Å². The molecule has 2 aromatic carbocycles. The van der Waals surface area contributed by atoms with Crippen molar-refractivity contribution in [3.63, 3.8) is 0 Å². The number of fused-ring (bicyclic) bond motifs is 1. The number of nitrogens with one attached hydrogen (secondary N) is 1. The van der Waals surface area contributed by atoms with Gasteiger partial charge in [-0.1, -0.05) is 18.2 Å². The Morgan fingerprint density at radius 3 is 2.95 bits per heavy atom. The molecule has 1 N–H and O–H groups in total. The lowest BCUT2D eigenvalue weighted by atomic mass is 10.1. The van der Waals surface area contributed by atoms with E-state index in [1.165, 1.54) is 6.39 Å². The van der Waals surface area contributed by atoms with Gasteiger partial charge in [-0.25, -0.2) is 4.98 Å². The third-order valence-corrected chi connectivity index (χ3v) is 3.60. The van der Waals surface area contributed by atoms with Crippen LogP contribution in [-0.4, -0.2) is 10.9 Å². The van der Waals surface area contributed by atoms with E-state index in [2.05, 4.69) is 26.2 Å². The lowest BCUT2D eigenvalue weighted by molar-refractivity contribution is -0.115. The number of amides is 1. The molecule has 5 heteroatoms. The van der Waals surface area contributed by atoms with Crippen LogP contribution in [0.25, 0.3) is 11.1 Å². The van der Waals surface area contributed by atoms with Crippen molar-refractivity contribution in [2.24, 2.45) is 0 Å². The fourth-order valence-corrected chi connectivity index (χ4v) is 2.34. The van der Waals surface area contributed by atoms with E-state index in [0.29, 0.717) is 5.58 Å². The van der Waals surface area contributed by atoms with Gasteiger partial charge in [0.1, 0.15) is 5.52 Å². The first-order chi connectivity index (χ1) is 9.72. The van der Waals surface area contributed by atoms with Gasteiger partial charge in [0.05, 0.1) is 12.1 Å². The maximum Gasteiger partial charge on any atom is 0.228 e. The summed E-state index contributed by atoms with van der Waals surface area (Å²) in [5.74, 6) is -0.0734. The number of carbonyl (C=O) groups excluding carboxylic acids is 1. The number of oxazole rings is 1. The molecule has 0 unspecified atom stereocenters. The fourth-order valence-electron chi connectivity index (χ4n) is 1.95. The van der Waals surface area contributed by atoms with Crippen LogP contribution in [0, 0.1) is 0 Å². The van der Waals surface area contributed by atoms with Gasteiger partial charge in [-0.15, -0.1) is 0 Å². The number of halogens is 1. The molecule has 1 amide bonds. The molecule has 0 saturated carbocycles. The van der Waals surface area contributed by atoms with Crippen LogP contribution in [0.3, 0.4) is 0 Å². The van der Waals surface area contributed by atoms with E-state index < -0.39 is 0 Å². The first-order valence-corrected chi connectivity index (χ1v) is 6.88. The summed E-state index contributed by atoms with van der Waals surface area (Å²) >= 11 is 3.40. The second-order valence-electron chi connectivity index (χ2n) is 4.36. The Hall–Kier alpha value is -2.14. The first kappa shape index (κ1) is 12.9. The standard InChI is InChI=1S/C15H11BrN2O2/c16-11-3-1-2-4-12(11)18-15(19)8-10-5-6-13-14(7-10)20-9-17-13/h1-7,9H,8H2,(H,18,19). The molecule has 0 bridgehead atoms. The average Bonchev–Trinajstić information content (AvgIpc) is 2.89. The molecule has 4 nitrogen and oxygen atoms in total. The van der Waals surface area contributed by atoms with Crippen molar-refractivity contribution in [2.45, 2.75) is 6.42 Å². The molecule has 20 heavy (non-hydrogen) atoms. The average molecular weight is 331 g/mol. The van der Waals surface area contributed by atoms with Crippen LogP contribution in [-0.2, 0) is 11.2 Å². The van der Waals surface area contributed by atoms with Gasteiger partial charge in [0.25, 0.3) is 0 Å². The Kier molecular flexibility index (Phi) is 3.52. The molecule has 0 spiro atoms. The number of aromatic nitrogens is 1. The van der Waals surface area contributed by atoms with E-state index in [-0.39, 0.29) is 12.3 Å². The summed E-state index contributed by atoms with van der Waals surface area (Å²) in [4.78, 5) is 16.1. The maximum atomic E-state index is 12.0. The fraction of sp³-hybridized carbons (Fsp3) is 0.0667. The highest BCUT2D eigenvalue weighted by atomic mass is 79.9. The Bertz CT molecular complexity index is 767. The molecule has 0 aliphatic rings. The second-order valence-corrected chi connectivity index (χ2v) is 5.21. The lowest BCUT2D eigenvalue weighted by Gasteiger charge is -2.07. The minimum absolute atomic E-state index is 0.0734. The van der Waals surface area contributed by atoms with Gasteiger partial charge < -0.3 is 9.73 Å². The first-order valence-electron chi connectivity index (χ1n) is 6.09. The Morgan fingerprint density at radius 2 is 2.10 bits per heavy atom.